The Kier molecular flexibility index (Phi) is 5.69. The molecule has 5 nitrogen and oxygen atoms in total. The van der Waals surface area contributed by atoms with Crippen molar-refractivity contribution >= 4 is 23.3 Å². The molecule has 0 aromatic heterocycles. The number of hydrogen-bond donors (Lipinski definition) is 1. The lowest BCUT2D eigenvalue weighted by Gasteiger charge is -2.07. The molecule has 6 heteroatoms. The first-order valence-corrected chi connectivity index (χ1v) is 8.10. The highest BCUT2D eigenvalue weighted by atomic mass is 19.1. The van der Waals surface area contributed by atoms with Gasteiger partial charge in [0.15, 0.2) is 5.71 Å². The molecule has 3 aromatic carbocycles. The van der Waals surface area contributed by atoms with Crippen molar-refractivity contribution in [3.8, 4) is 0 Å². The number of nitrogens with zero attached hydrogens (tertiary/aromatic N) is 1. The molecule has 134 valence electrons. The van der Waals surface area contributed by atoms with Gasteiger partial charge in [-0.15, -0.1) is 0 Å². The minimum absolute atomic E-state index is 0.00365. The molecule has 0 aliphatic carbocycles. The molecule has 0 heterocycles. The van der Waals surface area contributed by atoms with Gasteiger partial charge in [-0.05, 0) is 24.3 Å². The number of hydrogen-bond acceptors (Lipinski definition) is 4. The molecule has 3 rings (SSSR count). The highest BCUT2D eigenvalue weighted by molar-refractivity contribution is 6.51. The van der Waals surface area contributed by atoms with Crippen molar-refractivity contribution in [2.45, 2.75) is 0 Å². The molecule has 0 aliphatic heterocycles. The third-order valence-electron chi connectivity index (χ3n) is 3.61. The molecule has 0 spiro atoms. The van der Waals surface area contributed by atoms with Gasteiger partial charge in [0, 0.05) is 16.8 Å². The Hall–Kier alpha value is -3.80. The van der Waals surface area contributed by atoms with Crippen molar-refractivity contribution < 1.29 is 18.8 Å². The van der Waals surface area contributed by atoms with E-state index in [4.69, 9.17) is 4.84 Å². The van der Waals surface area contributed by atoms with Gasteiger partial charge < -0.3 is 0 Å². The summed E-state index contributed by atoms with van der Waals surface area (Å²) in [6.45, 7) is 0. The second kappa shape index (κ2) is 8.53. The predicted molar refractivity (Wildman–Crippen MR) is 100 cm³/mol. The van der Waals surface area contributed by atoms with Crippen LogP contribution in [0.3, 0.4) is 0 Å². The van der Waals surface area contributed by atoms with E-state index < -0.39 is 11.9 Å². The fourth-order valence-corrected chi connectivity index (χ4v) is 2.31. The highest BCUT2D eigenvalue weighted by Crippen LogP contribution is 2.11. The summed E-state index contributed by atoms with van der Waals surface area (Å²) in [5.74, 6) is -0.803. The van der Waals surface area contributed by atoms with Gasteiger partial charge >= 0.3 is 6.09 Å². The molecule has 0 fully saturated rings. The van der Waals surface area contributed by atoms with Crippen molar-refractivity contribution in [3.63, 3.8) is 0 Å². The van der Waals surface area contributed by atoms with Crippen LogP contribution in [-0.2, 0) is 4.84 Å². The molecule has 0 aliphatic rings. The minimum Gasteiger partial charge on any atom is -0.297 e. The monoisotopic (exact) mass is 362 g/mol. The van der Waals surface area contributed by atoms with Gasteiger partial charge in [0.2, 0.25) is 5.78 Å². The van der Waals surface area contributed by atoms with E-state index in [1.165, 1.54) is 24.3 Å². The zero-order valence-corrected chi connectivity index (χ0v) is 14.1. The van der Waals surface area contributed by atoms with E-state index in [2.05, 4.69) is 10.5 Å². The van der Waals surface area contributed by atoms with E-state index in [0.29, 0.717) is 16.8 Å². The van der Waals surface area contributed by atoms with Gasteiger partial charge in [-0.25, -0.2) is 9.18 Å². The summed E-state index contributed by atoms with van der Waals surface area (Å²) in [5.41, 5.74) is 1.27. The Morgan fingerprint density at radius 2 is 1.33 bits per heavy atom. The fourth-order valence-electron chi connectivity index (χ4n) is 2.31. The van der Waals surface area contributed by atoms with Crippen molar-refractivity contribution in [2.24, 2.45) is 5.16 Å². The van der Waals surface area contributed by atoms with Crippen LogP contribution in [0.4, 0.5) is 14.9 Å². The maximum atomic E-state index is 12.9. The van der Waals surface area contributed by atoms with Gasteiger partial charge in [0.05, 0.1) is 0 Å². The highest BCUT2D eigenvalue weighted by Gasteiger charge is 2.18. The Balaban J connectivity index is 1.81. The van der Waals surface area contributed by atoms with Crippen LogP contribution >= 0.6 is 0 Å². The molecule has 0 radical (unpaired) electrons. The first-order chi connectivity index (χ1) is 13.1. The largest absolute Gasteiger partial charge is 0.437 e. The molecule has 0 unspecified atom stereocenters. The van der Waals surface area contributed by atoms with E-state index in [-0.39, 0.29) is 11.5 Å². The first-order valence-electron chi connectivity index (χ1n) is 8.10. The zero-order valence-electron chi connectivity index (χ0n) is 14.1. The number of halogens is 1. The fraction of sp³-hybridized carbons (Fsp3) is 0. The molecule has 27 heavy (non-hydrogen) atoms. The maximum absolute atomic E-state index is 12.9. The number of carbonyl (C=O) groups is 2. The van der Waals surface area contributed by atoms with E-state index in [1.807, 2.05) is 0 Å². The van der Waals surface area contributed by atoms with Crippen molar-refractivity contribution in [3.05, 3.63) is 102 Å². The van der Waals surface area contributed by atoms with Crippen molar-refractivity contribution in [2.75, 3.05) is 5.32 Å². The lowest BCUT2D eigenvalue weighted by molar-refractivity contribution is 0.106. The summed E-state index contributed by atoms with van der Waals surface area (Å²) in [4.78, 5) is 29.6. The Morgan fingerprint density at radius 3 is 1.93 bits per heavy atom. The molecule has 0 saturated heterocycles. The van der Waals surface area contributed by atoms with Crippen molar-refractivity contribution in [1.82, 2.24) is 0 Å². The van der Waals surface area contributed by atoms with Crippen molar-refractivity contribution in [1.29, 1.82) is 0 Å². The van der Waals surface area contributed by atoms with Crippen LogP contribution < -0.4 is 5.32 Å². The number of Topliss-reactive ketones (excluding diaryl/α,β-unsaturated/α-hetero) is 1. The number of anilines is 1. The summed E-state index contributed by atoms with van der Waals surface area (Å²) < 4.78 is 12.9. The average molecular weight is 362 g/mol. The number of carbonyl (C=O) groups excluding carboxylic acids is 2. The summed E-state index contributed by atoms with van der Waals surface area (Å²) in [6, 6.07) is 22.4. The lowest BCUT2D eigenvalue weighted by Crippen LogP contribution is -2.19. The average Bonchev–Trinajstić information content (AvgIpc) is 2.71. The number of rotatable bonds is 5. The Labute approximate surface area is 155 Å². The number of nitrogens with one attached hydrogen (secondary N) is 1. The maximum Gasteiger partial charge on any atom is 0.437 e. The van der Waals surface area contributed by atoms with Crippen LogP contribution in [0.5, 0.6) is 0 Å². The third-order valence-corrected chi connectivity index (χ3v) is 3.61. The van der Waals surface area contributed by atoms with E-state index in [9.17, 15) is 14.0 Å². The van der Waals surface area contributed by atoms with Crippen LogP contribution in [0.1, 0.15) is 15.9 Å². The Bertz CT molecular complexity index is 956. The zero-order chi connectivity index (χ0) is 19.1. The van der Waals surface area contributed by atoms with Gasteiger partial charge in [0.25, 0.3) is 0 Å². The van der Waals surface area contributed by atoms with Crippen LogP contribution in [0.2, 0.25) is 0 Å². The SMILES string of the molecule is O=C(Nc1ccc(F)cc1)O/N=C(/C(=O)c1ccccc1)c1ccccc1. The van der Waals surface area contributed by atoms with Crippen LogP contribution in [0.25, 0.3) is 0 Å². The van der Waals surface area contributed by atoms with Crippen LogP contribution in [0.15, 0.2) is 90.1 Å². The quantitative estimate of drug-likeness (QED) is 0.311. The van der Waals surface area contributed by atoms with Gasteiger partial charge in [0.1, 0.15) is 5.82 Å². The molecular formula is C21H15FN2O3. The van der Waals surface area contributed by atoms with E-state index >= 15 is 0 Å². The van der Waals surface area contributed by atoms with Crippen LogP contribution in [0, 0.1) is 5.82 Å². The third kappa shape index (κ3) is 4.85. The first kappa shape index (κ1) is 18.0. The molecular weight excluding hydrogens is 347 g/mol. The number of amides is 1. The number of oxime groups is 1. The van der Waals surface area contributed by atoms with E-state index in [1.54, 1.807) is 60.7 Å². The lowest BCUT2D eigenvalue weighted by atomic mass is 10.0. The van der Waals surface area contributed by atoms with Crippen LogP contribution in [-0.4, -0.2) is 17.6 Å². The summed E-state index contributed by atoms with van der Waals surface area (Å²) in [6.07, 6.45) is -0.893. The molecule has 1 amide bonds. The molecule has 0 bridgehead atoms. The summed E-state index contributed by atoms with van der Waals surface area (Å²) in [5, 5.41) is 6.17. The van der Waals surface area contributed by atoms with Gasteiger partial charge in [-0.1, -0.05) is 65.8 Å². The van der Waals surface area contributed by atoms with Gasteiger partial charge in [-0.2, -0.15) is 0 Å². The molecule has 1 N–H and O–H groups in total. The standard InChI is InChI=1S/C21H15FN2O3/c22-17-11-13-18(14-12-17)23-21(26)27-24-19(15-7-3-1-4-8-15)20(25)16-9-5-2-6-10-16/h1-14H,(H,23,26)/b24-19+. The summed E-state index contributed by atoms with van der Waals surface area (Å²) in [7, 11) is 0. The normalized spacial score (nSPS) is 10.9. The molecule has 3 aromatic rings. The second-order valence-electron chi connectivity index (χ2n) is 5.51. The Morgan fingerprint density at radius 1 is 0.778 bits per heavy atom. The molecule has 0 atom stereocenters. The minimum atomic E-state index is -0.893. The topological polar surface area (TPSA) is 67.8 Å². The smallest absolute Gasteiger partial charge is 0.297 e. The summed E-state index contributed by atoms with van der Waals surface area (Å²) >= 11 is 0. The number of ketones is 1. The second-order valence-corrected chi connectivity index (χ2v) is 5.51. The number of benzene rings is 3. The predicted octanol–water partition coefficient (Wildman–Crippen LogP) is 4.66. The van der Waals surface area contributed by atoms with Gasteiger partial charge in [-0.3, -0.25) is 14.9 Å². The van der Waals surface area contributed by atoms with E-state index in [0.717, 1.165) is 0 Å². The molecule has 0 saturated carbocycles.